The van der Waals surface area contributed by atoms with Gasteiger partial charge in [0.1, 0.15) is 11.5 Å². The van der Waals surface area contributed by atoms with Crippen LogP contribution in [0.3, 0.4) is 0 Å². The van der Waals surface area contributed by atoms with E-state index in [0.717, 1.165) is 33.7 Å². The van der Waals surface area contributed by atoms with Crippen LogP contribution in [0.2, 0.25) is 0 Å². The number of hydrogen-bond acceptors (Lipinski definition) is 5. The maximum atomic E-state index is 4.62. The van der Waals surface area contributed by atoms with Crippen LogP contribution in [0.4, 0.5) is 11.5 Å². The molecule has 5 heteroatoms. The van der Waals surface area contributed by atoms with E-state index in [1.807, 2.05) is 55.5 Å². The molecule has 0 saturated heterocycles. The summed E-state index contributed by atoms with van der Waals surface area (Å²) in [6.07, 6.45) is 5.16. The van der Waals surface area contributed by atoms with Gasteiger partial charge in [0, 0.05) is 17.3 Å². The lowest BCUT2D eigenvalue weighted by Crippen LogP contribution is -1.99. The summed E-state index contributed by atoms with van der Waals surface area (Å²) in [5.74, 6) is 0.675. The molecule has 24 heavy (non-hydrogen) atoms. The third-order valence-corrected chi connectivity index (χ3v) is 3.67. The lowest BCUT2D eigenvalue weighted by molar-refractivity contribution is 1.17. The van der Waals surface area contributed by atoms with Crippen LogP contribution in [0.25, 0.3) is 22.3 Å². The Kier molecular flexibility index (Phi) is 3.59. The van der Waals surface area contributed by atoms with Gasteiger partial charge < -0.3 is 5.32 Å². The zero-order valence-electron chi connectivity index (χ0n) is 13.1. The number of aryl methyl sites for hydroxylation is 1. The molecule has 0 atom stereocenters. The topological polar surface area (TPSA) is 63.6 Å². The van der Waals surface area contributed by atoms with Gasteiger partial charge in [0.05, 0.1) is 29.3 Å². The summed E-state index contributed by atoms with van der Waals surface area (Å²) < 4.78 is 0. The molecule has 3 heterocycles. The normalized spacial score (nSPS) is 10.7. The van der Waals surface area contributed by atoms with E-state index in [2.05, 4.69) is 25.3 Å². The zero-order valence-corrected chi connectivity index (χ0v) is 13.1. The Labute approximate surface area is 139 Å². The molecular weight excluding hydrogens is 298 g/mol. The van der Waals surface area contributed by atoms with Crippen molar-refractivity contribution in [3.63, 3.8) is 0 Å². The van der Waals surface area contributed by atoms with E-state index in [1.54, 1.807) is 18.6 Å². The van der Waals surface area contributed by atoms with Crippen molar-refractivity contribution in [2.24, 2.45) is 0 Å². The van der Waals surface area contributed by atoms with Crippen molar-refractivity contribution in [2.75, 3.05) is 5.32 Å². The summed E-state index contributed by atoms with van der Waals surface area (Å²) in [5, 5.41) is 4.41. The van der Waals surface area contributed by atoms with Crippen LogP contribution in [0.1, 0.15) is 5.69 Å². The van der Waals surface area contributed by atoms with Gasteiger partial charge in [-0.15, -0.1) is 0 Å². The maximum Gasteiger partial charge on any atom is 0.149 e. The Morgan fingerprint density at radius 3 is 2.62 bits per heavy atom. The average molecular weight is 313 g/mol. The highest BCUT2D eigenvalue weighted by Gasteiger charge is 2.07. The SMILES string of the molecule is Cc1cc(Nc2cncc(-c3ccccn3)n2)c2ccccc2n1. The summed E-state index contributed by atoms with van der Waals surface area (Å²) in [6, 6.07) is 15.8. The van der Waals surface area contributed by atoms with Crippen LogP contribution in [-0.2, 0) is 0 Å². The molecule has 0 unspecified atom stereocenters. The molecule has 0 radical (unpaired) electrons. The summed E-state index contributed by atoms with van der Waals surface area (Å²) in [6.45, 7) is 1.98. The first-order valence-electron chi connectivity index (χ1n) is 7.66. The highest BCUT2D eigenvalue weighted by atomic mass is 15.0. The second kappa shape index (κ2) is 6.04. The Morgan fingerprint density at radius 2 is 1.75 bits per heavy atom. The summed E-state index contributed by atoms with van der Waals surface area (Å²) in [5.41, 5.74) is 4.39. The fourth-order valence-corrected chi connectivity index (χ4v) is 2.61. The number of nitrogens with one attached hydrogen (secondary N) is 1. The minimum Gasteiger partial charge on any atom is -0.338 e. The minimum absolute atomic E-state index is 0.675. The second-order valence-electron chi connectivity index (χ2n) is 5.46. The quantitative estimate of drug-likeness (QED) is 0.616. The van der Waals surface area contributed by atoms with E-state index in [-0.39, 0.29) is 0 Å². The first-order valence-corrected chi connectivity index (χ1v) is 7.66. The lowest BCUT2D eigenvalue weighted by atomic mass is 10.1. The third-order valence-electron chi connectivity index (χ3n) is 3.67. The molecule has 0 aliphatic rings. The first-order chi connectivity index (χ1) is 11.8. The standard InChI is InChI=1S/C19H15N5/c1-13-10-17(14-6-2-3-7-15(14)22-13)23-19-12-20-11-18(24-19)16-8-4-5-9-21-16/h2-12H,1H3,(H,22,23,24). The Bertz CT molecular complexity index is 999. The largest absolute Gasteiger partial charge is 0.338 e. The van der Waals surface area contributed by atoms with Crippen LogP contribution < -0.4 is 5.32 Å². The van der Waals surface area contributed by atoms with Crippen LogP contribution in [-0.4, -0.2) is 19.9 Å². The summed E-state index contributed by atoms with van der Waals surface area (Å²) in [4.78, 5) is 17.8. The highest BCUT2D eigenvalue weighted by molar-refractivity contribution is 5.92. The molecule has 1 N–H and O–H groups in total. The van der Waals surface area contributed by atoms with Gasteiger partial charge in [0.25, 0.3) is 0 Å². The zero-order chi connectivity index (χ0) is 16.4. The molecule has 4 aromatic rings. The van der Waals surface area contributed by atoms with Crippen molar-refractivity contribution in [1.82, 2.24) is 19.9 Å². The smallest absolute Gasteiger partial charge is 0.149 e. The number of nitrogens with zero attached hydrogens (tertiary/aromatic N) is 4. The lowest BCUT2D eigenvalue weighted by Gasteiger charge is -2.10. The summed E-state index contributed by atoms with van der Waals surface area (Å²) in [7, 11) is 0. The molecule has 0 amide bonds. The van der Waals surface area contributed by atoms with Crippen molar-refractivity contribution in [2.45, 2.75) is 6.92 Å². The van der Waals surface area contributed by atoms with Crippen molar-refractivity contribution in [3.8, 4) is 11.4 Å². The number of anilines is 2. The minimum atomic E-state index is 0.675. The number of aromatic nitrogens is 4. The number of pyridine rings is 2. The fourth-order valence-electron chi connectivity index (χ4n) is 2.61. The third kappa shape index (κ3) is 2.79. The molecule has 5 nitrogen and oxygen atoms in total. The van der Waals surface area contributed by atoms with Gasteiger partial charge in [-0.25, -0.2) is 4.98 Å². The number of benzene rings is 1. The predicted octanol–water partition coefficient (Wildman–Crippen LogP) is 4.14. The maximum absolute atomic E-state index is 4.62. The van der Waals surface area contributed by atoms with Crippen molar-refractivity contribution in [3.05, 3.63) is 72.8 Å². The van der Waals surface area contributed by atoms with Crippen LogP contribution in [0, 0.1) is 6.92 Å². The molecular formula is C19H15N5. The molecule has 0 spiro atoms. The molecule has 3 aromatic heterocycles. The van der Waals surface area contributed by atoms with Gasteiger partial charge in [-0.1, -0.05) is 24.3 Å². The number of fused-ring (bicyclic) bond motifs is 1. The summed E-state index contributed by atoms with van der Waals surface area (Å²) >= 11 is 0. The van der Waals surface area contributed by atoms with Gasteiger partial charge in [-0.05, 0) is 31.2 Å². The Balaban J connectivity index is 1.74. The van der Waals surface area contributed by atoms with E-state index in [4.69, 9.17) is 0 Å². The average Bonchev–Trinajstić information content (AvgIpc) is 2.62. The van der Waals surface area contributed by atoms with Crippen LogP contribution in [0.5, 0.6) is 0 Å². The monoisotopic (exact) mass is 313 g/mol. The highest BCUT2D eigenvalue weighted by Crippen LogP contribution is 2.26. The molecule has 4 rings (SSSR count). The second-order valence-corrected chi connectivity index (χ2v) is 5.46. The number of para-hydroxylation sites is 1. The molecule has 1 aromatic carbocycles. The number of rotatable bonds is 3. The van der Waals surface area contributed by atoms with E-state index >= 15 is 0 Å². The first kappa shape index (κ1) is 14.3. The molecule has 116 valence electrons. The van der Waals surface area contributed by atoms with Crippen molar-refractivity contribution in [1.29, 1.82) is 0 Å². The Hall–Kier alpha value is -3.34. The Morgan fingerprint density at radius 1 is 0.875 bits per heavy atom. The fraction of sp³-hybridized carbons (Fsp3) is 0.0526. The van der Waals surface area contributed by atoms with Crippen molar-refractivity contribution < 1.29 is 0 Å². The van der Waals surface area contributed by atoms with Gasteiger partial charge in [0.2, 0.25) is 0 Å². The van der Waals surface area contributed by atoms with Gasteiger partial charge >= 0.3 is 0 Å². The van der Waals surface area contributed by atoms with Crippen LogP contribution in [0.15, 0.2) is 67.1 Å². The molecule has 0 bridgehead atoms. The molecule has 0 fully saturated rings. The van der Waals surface area contributed by atoms with Gasteiger partial charge in [-0.2, -0.15) is 0 Å². The predicted molar refractivity (Wildman–Crippen MR) is 95.0 cm³/mol. The molecule has 0 saturated carbocycles. The van der Waals surface area contributed by atoms with E-state index in [0.29, 0.717) is 5.82 Å². The van der Waals surface area contributed by atoms with Gasteiger partial charge in [-0.3, -0.25) is 15.0 Å². The van der Waals surface area contributed by atoms with E-state index in [1.165, 1.54) is 0 Å². The van der Waals surface area contributed by atoms with E-state index < -0.39 is 0 Å². The number of hydrogen-bond donors (Lipinski definition) is 1. The molecule has 0 aliphatic heterocycles. The molecule has 0 aliphatic carbocycles. The van der Waals surface area contributed by atoms with Gasteiger partial charge in [0.15, 0.2) is 0 Å². The van der Waals surface area contributed by atoms with E-state index in [9.17, 15) is 0 Å². The van der Waals surface area contributed by atoms with Crippen molar-refractivity contribution >= 4 is 22.4 Å². The van der Waals surface area contributed by atoms with Crippen LogP contribution >= 0.6 is 0 Å².